The third-order valence-electron chi connectivity index (χ3n) is 3.89. The van der Waals surface area contributed by atoms with Gasteiger partial charge in [-0.05, 0) is 36.2 Å². The van der Waals surface area contributed by atoms with Crippen LogP contribution >= 0.6 is 0 Å². The number of nitrogens with one attached hydrogen (secondary N) is 3. The summed E-state index contributed by atoms with van der Waals surface area (Å²) in [5.74, 6) is -1.26. The fourth-order valence-corrected chi connectivity index (χ4v) is 2.63. The predicted molar refractivity (Wildman–Crippen MR) is 93.7 cm³/mol. The van der Waals surface area contributed by atoms with Crippen molar-refractivity contribution in [2.75, 3.05) is 13.1 Å². The van der Waals surface area contributed by atoms with Crippen LogP contribution in [0.3, 0.4) is 0 Å². The Hall–Kier alpha value is -3.15. The van der Waals surface area contributed by atoms with E-state index in [1.54, 1.807) is 0 Å². The van der Waals surface area contributed by atoms with Gasteiger partial charge in [-0.1, -0.05) is 24.3 Å². The number of rotatable bonds is 6. The first-order valence-electron chi connectivity index (χ1n) is 7.99. The lowest BCUT2D eigenvalue weighted by Crippen LogP contribution is -2.37. The quantitative estimate of drug-likeness (QED) is 0.645. The molecule has 3 N–H and O–H groups in total. The highest BCUT2D eigenvalue weighted by molar-refractivity contribution is 5.96. The van der Waals surface area contributed by atoms with E-state index in [1.165, 1.54) is 18.2 Å². The molecule has 6 heteroatoms. The third-order valence-corrected chi connectivity index (χ3v) is 3.89. The molecule has 1 aromatic heterocycles. The fraction of sp³-hybridized carbons (Fsp3) is 0.158. The van der Waals surface area contributed by atoms with Crippen molar-refractivity contribution in [3.8, 4) is 0 Å². The zero-order valence-corrected chi connectivity index (χ0v) is 13.5. The molecule has 0 spiro atoms. The van der Waals surface area contributed by atoms with E-state index >= 15 is 0 Å². The molecule has 3 rings (SSSR count). The molecule has 0 saturated carbocycles. The average molecular weight is 339 g/mol. The van der Waals surface area contributed by atoms with E-state index in [9.17, 15) is 14.0 Å². The van der Waals surface area contributed by atoms with Crippen molar-refractivity contribution in [3.63, 3.8) is 0 Å². The minimum atomic E-state index is -0.490. The number of aromatic nitrogens is 1. The van der Waals surface area contributed by atoms with E-state index < -0.39 is 11.7 Å². The van der Waals surface area contributed by atoms with Gasteiger partial charge >= 0.3 is 0 Å². The van der Waals surface area contributed by atoms with E-state index in [-0.39, 0.29) is 18.0 Å². The lowest BCUT2D eigenvalue weighted by Gasteiger charge is -2.07. The van der Waals surface area contributed by atoms with E-state index in [1.807, 2.05) is 30.5 Å². The number of para-hydroxylation sites is 1. The molecule has 0 aliphatic heterocycles. The largest absolute Gasteiger partial charge is 0.361 e. The van der Waals surface area contributed by atoms with Crippen LogP contribution < -0.4 is 10.6 Å². The van der Waals surface area contributed by atoms with Crippen LogP contribution in [0.25, 0.3) is 10.9 Å². The lowest BCUT2D eigenvalue weighted by molar-refractivity contribution is -0.120. The minimum Gasteiger partial charge on any atom is -0.361 e. The van der Waals surface area contributed by atoms with Crippen LogP contribution in [-0.4, -0.2) is 29.9 Å². The monoisotopic (exact) mass is 339 g/mol. The molecule has 128 valence electrons. The highest BCUT2D eigenvalue weighted by Crippen LogP contribution is 2.17. The van der Waals surface area contributed by atoms with Crippen molar-refractivity contribution >= 4 is 22.7 Å². The number of amides is 2. The molecule has 0 unspecified atom stereocenters. The first-order valence-corrected chi connectivity index (χ1v) is 7.99. The number of hydrogen-bond acceptors (Lipinski definition) is 2. The molecule has 0 aliphatic carbocycles. The lowest BCUT2D eigenvalue weighted by atomic mass is 10.1. The second-order valence-corrected chi connectivity index (χ2v) is 5.65. The van der Waals surface area contributed by atoms with Crippen molar-refractivity contribution in [1.29, 1.82) is 0 Å². The molecular formula is C19H18FN3O2. The summed E-state index contributed by atoms with van der Waals surface area (Å²) in [6.45, 7) is 0.319. The number of H-pyrrole nitrogens is 1. The van der Waals surface area contributed by atoms with E-state index in [4.69, 9.17) is 0 Å². The minimum absolute atomic E-state index is 0.150. The third kappa shape index (κ3) is 4.23. The van der Waals surface area contributed by atoms with Gasteiger partial charge in [0.15, 0.2) is 0 Å². The standard InChI is InChI=1S/C19H18FN3O2/c20-15-5-3-4-13(10-15)19(25)23-12-18(24)21-9-8-14-11-22-17-7-2-1-6-16(14)17/h1-7,10-11,22H,8-9,12H2,(H,21,24)(H,23,25). The summed E-state index contributed by atoms with van der Waals surface area (Å²) in [6.07, 6.45) is 2.62. The van der Waals surface area contributed by atoms with Gasteiger partial charge in [0.2, 0.25) is 5.91 Å². The Morgan fingerprint density at radius 1 is 1.04 bits per heavy atom. The summed E-state index contributed by atoms with van der Waals surface area (Å²) in [4.78, 5) is 26.9. The smallest absolute Gasteiger partial charge is 0.251 e. The number of hydrogen-bond donors (Lipinski definition) is 3. The number of halogens is 1. The molecule has 5 nitrogen and oxygen atoms in total. The Morgan fingerprint density at radius 2 is 1.88 bits per heavy atom. The fourth-order valence-electron chi connectivity index (χ4n) is 2.63. The predicted octanol–water partition coefficient (Wildman–Crippen LogP) is 2.40. The Balaban J connectivity index is 1.44. The molecule has 2 aromatic carbocycles. The first-order chi connectivity index (χ1) is 12.1. The Labute approximate surface area is 144 Å². The number of carbonyl (C=O) groups is 2. The van der Waals surface area contributed by atoms with Crippen LogP contribution in [0.1, 0.15) is 15.9 Å². The topological polar surface area (TPSA) is 74.0 Å². The highest BCUT2D eigenvalue weighted by atomic mass is 19.1. The molecule has 0 saturated heterocycles. The maximum Gasteiger partial charge on any atom is 0.251 e. The molecular weight excluding hydrogens is 321 g/mol. The van der Waals surface area contributed by atoms with Crippen molar-refractivity contribution in [2.45, 2.75) is 6.42 Å². The first kappa shape index (κ1) is 16.7. The molecule has 0 radical (unpaired) electrons. The van der Waals surface area contributed by atoms with E-state index in [0.717, 1.165) is 22.5 Å². The van der Waals surface area contributed by atoms with Gasteiger partial charge in [0.25, 0.3) is 5.91 Å². The van der Waals surface area contributed by atoms with Gasteiger partial charge in [-0.2, -0.15) is 0 Å². The van der Waals surface area contributed by atoms with Crippen molar-refractivity contribution in [3.05, 3.63) is 71.7 Å². The van der Waals surface area contributed by atoms with E-state index in [2.05, 4.69) is 15.6 Å². The Bertz CT molecular complexity index is 904. The number of carbonyl (C=O) groups excluding carboxylic acids is 2. The van der Waals surface area contributed by atoms with Crippen LogP contribution in [0.5, 0.6) is 0 Å². The SMILES string of the molecule is O=C(CNC(=O)c1cccc(F)c1)NCCc1c[nH]c2ccccc12. The maximum atomic E-state index is 13.1. The summed E-state index contributed by atoms with van der Waals surface area (Å²) in [6, 6.07) is 13.3. The molecule has 0 bridgehead atoms. The number of fused-ring (bicyclic) bond motifs is 1. The highest BCUT2D eigenvalue weighted by Gasteiger charge is 2.09. The molecule has 1 heterocycles. The summed E-state index contributed by atoms with van der Waals surface area (Å²) in [7, 11) is 0. The van der Waals surface area contributed by atoms with E-state index in [0.29, 0.717) is 13.0 Å². The van der Waals surface area contributed by atoms with Gasteiger partial charge in [0.05, 0.1) is 6.54 Å². The van der Waals surface area contributed by atoms with Gasteiger partial charge in [-0.3, -0.25) is 9.59 Å². The van der Waals surface area contributed by atoms with Crippen LogP contribution in [0.2, 0.25) is 0 Å². The Kier molecular flexibility index (Phi) is 5.09. The zero-order valence-electron chi connectivity index (χ0n) is 13.5. The normalized spacial score (nSPS) is 10.6. The van der Waals surface area contributed by atoms with Crippen LogP contribution in [0.4, 0.5) is 4.39 Å². The summed E-state index contributed by atoms with van der Waals surface area (Å²) >= 11 is 0. The van der Waals surface area contributed by atoms with Crippen molar-refractivity contribution in [1.82, 2.24) is 15.6 Å². The van der Waals surface area contributed by atoms with Gasteiger partial charge in [0.1, 0.15) is 5.82 Å². The number of aromatic amines is 1. The van der Waals surface area contributed by atoms with Gasteiger partial charge in [0, 0.05) is 29.2 Å². The number of benzene rings is 2. The van der Waals surface area contributed by atoms with Crippen LogP contribution in [0.15, 0.2) is 54.7 Å². The zero-order chi connectivity index (χ0) is 17.6. The van der Waals surface area contributed by atoms with Gasteiger partial charge in [-0.25, -0.2) is 4.39 Å². The average Bonchev–Trinajstić information content (AvgIpc) is 3.03. The molecule has 0 fully saturated rings. The van der Waals surface area contributed by atoms with Gasteiger partial charge in [-0.15, -0.1) is 0 Å². The molecule has 2 amide bonds. The summed E-state index contributed by atoms with van der Waals surface area (Å²) in [5.41, 5.74) is 2.37. The Morgan fingerprint density at radius 3 is 2.72 bits per heavy atom. The van der Waals surface area contributed by atoms with Crippen LogP contribution in [-0.2, 0) is 11.2 Å². The van der Waals surface area contributed by atoms with Crippen molar-refractivity contribution in [2.24, 2.45) is 0 Å². The van der Waals surface area contributed by atoms with Gasteiger partial charge < -0.3 is 15.6 Å². The molecule has 3 aromatic rings. The maximum absolute atomic E-state index is 13.1. The molecule has 25 heavy (non-hydrogen) atoms. The summed E-state index contributed by atoms with van der Waals surface area (Å²) in [5, 5.41) is 6.37. The second kappa shape index (κ2) is 7.61. The molecule has 0 aliphatic rings. The van der Waals surface area contributed by atoms with Crippen molar-refractivity contribution < 1.29 is 14.0 Å². The summed E-state index contributed by atoms with van der Waals surface area (Å²) < 4.78 is 13.1. The second-order valence-electron chi connectivity index (χ2n) is 5.65. The van der Waals surface area contributed by atoms with Crippen LogP contribution in [0, 0.1) is 5.82 Å². The molecule has 0 atom stereocenters.